The average molecular weight is 545 g/mol. The lowest BCUT2D eigenvalue weighted by Gasteiger charge is -2.26. The van der Waals surface area contributed by atoms with Crippen LogP contribution in [0.3, 0.4) is 0 Å². The van der Waals surface area contributed by atoms with Crippen LogP contribution in [0.25, 0.3) is 0 Å². The first-order valence-corrected chi connectivity index (χ1v) is 11.2. The van der Waals surface area contributed by atoms with Crippen molar-refractivity contribution in [3.8, 4) is 0 Å². The molecule has 0 saturated carbocycles. The predicted molar refractivity (Wildman–Crippen MR) is 135 cm³/mol. The van der Waals surface area contributed by atoms with Gasteiger partial charge in [0.05, 0.1) is 26.3 Å². The van der Waals surface area contributed by atoms with Gasteiger partial charge in [0.15, 0.2) is 5.96 Å². The Morgan fingerprint density at radius 3 is 2.70 bits per heavy atom. The van der Waals surface area contributed by atoms with Crippen molar-refractivity contribution in [3.05, 3.63) is 57.8 Å². The first-order valence-electron chi connectivity index (χ1n) is 10.2. The minimum atomic E-state index is -0.936. The van der Waals surface area contributed by atoms with Gasteiger partial charge in [-0.05, 0) is 47.4 Å². The maximum absolute atomic E-state index is 10.7. The Labute approximate surface area is 200 Å². The van der Waals surface area contributed by atoms with Gasteiger partial charge in [-0.1, -0.05) is 24.3 Å². The van der Waals surface area contributed by atoms with E-state index < -0.39 is 5.60 Å². The van der Waals surface area contributed by atoms with Gasteiger partial charge >= 0.3 is 0 Å². The first-order chi connectivity index (χ1) is 14.1. The zero-order valence-corrected chi connectivity index (χ0v) is 20.9. The molecule has 1 aromatic carbocycles. The van der Waals surface area contributed by atoms with Crippen molar-refractivity contribution >= 4 is 41.3 Å². The van der Waals surface area contributed by atoms with E-state index in [1.54, 1.807) is 11.3 Å². The second-order valence-electron chi connectivity index (χ2n) is 7.54. The number of halogens is 1. The van der Waals surface area contributed by atoms with E-state index in [2.05, 4.69) is 39.8 Å². The quantitative estimate of drug-likeness (QED) is 0.271. The van der Waals surface area contributed by atoms with E-state index in [9.17, 15) is 5.11 Å². The molecule has 0 aliphatic carbocycles. The number of morpholine rings is 1. The van der Waals surface area contributed by atoms with Gasteiger partial charge in [-0.3, -0.25) is 4.90 Å². The molecular weight excluding hydrogens is 511 g/mol. The number of thiophene rings is 1. The lowest BCUT2D eigenvalue weighted by Crippen LogP contribution is -2.44. The number of aliphatic imine (C=N–C) groups is 1. The number of ether oxygens (including phenoxy) is 1. The van der Waals surface area contributed by atoms with Crippen LogP contribution >= 0.6 is 35.3 Å². The summed E-state index contributed by atoms with van der Waals surface area (Å²) in [6, 6.07) is 10.6. The molecule has 2 heterocycles. The Morgan fingerprint density at radius 2 is 2.00 bits per heavy atom. The molecule has 1 aliphatic rings. The fourth-order valence-corrected chi connectivity index (χ4v) is 4.07. The lowest BCUT2D eigenvalue weighted by atomic mass is 9.99. The third-order valence-electron chi connectivity index (χ3n) is 5.01. The predicted octanol–water partition coefficient (Wildman–Crippen LogP) is 3.16. The standard InChI is InChI=1S/C22H32N4O2S.HI/c1-3-23-21(25-17-22(2,27)20-7-12-29-16-20)24-14-18-5-4-6-19(13-18)15-26-8-10-28-11-9-26;/h4-7,12-13,16,27H,3,8-11,14-15,17H2,1-2H3,(H2,23,24,25);1H. The van der Waals surface area contributed by atoms with Crippen molar-refractivity contribution < 1.29 is 9.84 Å². The highest BCUT2D eigenvalue weighted by molar-refractivity contribution is 14.0. The molecule has 0 radical (unpaired) electrons. The molecule has 30 heavy (non-hydrogen) atoms. The van der Waals surface area contributed by atoms with E-state index in [1.807, 2.05) is 30.7 Å². The summed E-state index contributed by atoms with van der Waals surface area (Å²) in [5.74, 6) is 0.710. The molecule has 8 heteroatoms. The molecule has 3 N–H and O–H groups in total. The lowest BCUT2D eigenvalue weighted by molar-refractivity contribution is 0.0342. The van der Waals surface area contributed by atoms with Crippen molar-refractivity contribution in [1.29, 1.82) is 0 Å². The van der Waals surface area contributed by atoms with Crippen LogP contribution in [0.4, 0.5) is 0 Å². The van der Waals surface area contributed by atoms with E-state index in [-0.39, 0.29) is 24.0 Å². The summed E-state index contributed by atoms with van der Waals surface area (Å²) in [5.41, 5.74) is 2.46. The van der Waals surface area contributed by atoms with Crippen LogP contribution in [0.2, 0.25) is 0 Å². The van der Waals surface area contributed by atoms with Crippen molar-refractivity contribution in [2.75, 3.05) is 39.4 Å². The number of nitrogens with one attached hydrogen (secondary N) is 2. The summed E-state index contributed by atoms with van der Waals surface area (Å²) in [7, 11) is 0. The number of benzene rings is 1. The molecule has 0 amide bonds. The topological polar surface area (TPSA) is 69.1 Å². The van der Waals surface area contributed by atoms with Crippen LogP contribution in [0.15, 0.2) is 46.1 Å². The largest absolute Gasteiger partial charge is 0.384 e. The molecule has 1 fully saturated rings. The Balaban J connectivity index is 0.00000320. The van der Waals surface area contributed by atoms with E-state index in [0.717, 1.165) is 45.0 Å². The van der Waals surface area contributed by atoms with Crippen molar-refractivity contribution in [2.45, 2.75) is 32.5 Å². The van der Waals surface area contributed by atoms with Gasteiger partial charge in [0.25, 0.3) is 0 Å². The molecule has 166 valence electrons. The fraction of sp³-hybridized carbons (Fsp3) is 0.500. The summed E-state index contributed by atoms with van der Waals surface area (Å²) < 4.78 is 5.43. The first kappa shape index (κ1) is 25.1. The number of rotatable bonds is 8. The van der Waals surface area contributed by atoms with Gasteiger partial charge in [-0.15, -0.1) is 24.0 Å². The number of hydrogen-bond acceptors (Lipinski definition) is 5. The minimum absolute atomic E-state index is 0. The second kappa shape index (κ2) is 12.6. The van der Waals surface area contributed by atoms with Gasteiger partial charge in [0.1, 0.15) is 5.60 Å². The summed E-state index contributed by atoms with van der Waals surface area (Å²) in [5, 5.41) is 21.2. The van der Waals surface area contributed by atoms with Crippen LogP contribution in [-0.2, 0) is 23.4 Å². The zero-order valence-electron chi connectivity index (χ0n) is 17.8. The van der Waals surface area contributed by atoms with Crippen molar-refractivity contribution in [3.63, 3.8) is 0 Å². The molecule has 0 bridgehead atoms. The van der Waals surface area contributed by atoms with Crippen LogP contribution in [-0.4, -0.2) is 55.4 Å². The number of nitrogens with zero attached hydrogens (tertiary/aromatic N) is 2. The van der Waals surface area contributed by atoms with E-state index in [1.165, 1.54) is 11.1 Å². The molecule has 0 spiro atoms. The maximum atomic E-state index is 10.7. The highest BCUT2D eigenvalue weighted by Gasteiger charge is 2.23. The highest BCUT2D eigenvalue weighted by Crippen LogP contribution is 2.22. The Bertz CT molecular complexity index is 777. The highest BCUT2D eigenvalue weighted by atomic mass is 127. The van der Waals surface area contributed by atoms with Gasteiger partial charge < -0.3 is 20.5 Å². The molecule has 6 nitrogen and oxygen atoms in total. The zero-order chi connectivity index (χ0) is 20.5. The normalized spacial score (nSPS) is 17.1. The van der Waals surface area contributed by atoms with Gasteiger partial charge in [-0.2, -0.15) is 11.3 Å². The van der Waals surface area contributed by atoms with Crippen LogP contribution in [0, 0.1) is 0 Å². The van der Waals surface area contributed by atoms with Crippen LogP contribution in [0.5, 0.6) is 0 Å². The van der Waals surface area contributed by atoms with Gasteiger partial charge in [0.2, 0.25) is 0 Å². The molecule has 3 rings (SSSR count). The van der Waals surface area contributed by atoms with E-state index in [4.69, 9.17) is 9.73 Å². The Hall–Kier alpha value is -1.20. The monoisotopic (exact) mass is 544 g/mol. The Morgan fingerprint density at radius 1 is 1.23 bits per heavy atom. The molecule has 2 aromatic rings. The fourth-order valence-electron chi connectivity index (χ4n) is 3.28. The van der Waals surface area contributed by atoms with Gasteiger partial charge in [-0.25, -0.2) is 4.99 Å². The second-order valence-corrected chi connectivity index (χ2v) is 8.32. The SMILES string of the molecule is CCNC(=NCc1cccc(CN2CCOCC2)c1)NCC(C)(O)c1ccsc1.I. The number of aliphatic hydroxyl groups is 1. The van der Waals surface area contributed by atoms with E-state index in [0.29, 0.717) is 19.0 Å². The summed E-state index contributed by atoms with van der Waals surface area (Å²) in [4.78, 5) is 7.13. The smallest absolute Gasteiger partial charge is 0.191 e. The molecule has 1 aromatic heterocycles. The maximum Gasteiger partial charge on any atom is 0.191 e. The average Bonchev–Trinajstić information content (AvgIpc) is 3.27. The molecule has 1 saturated heterocycles. The van der Waals surface area contributed by atoms with Crippen LogP contribution < -0.4 is 10.6 Å². The summed E-state index contributed by atoms with van der Waals surface area (Å²) in [6.07, 6.45) is 0. The molecular formula is C22H33IN4O2S. The Kier molecular flexibility index (Phi) is 10.5. The van der Waals surface area contributed by atoms with Gasteiger partial charge in [0, 0.05) is 26.2 Å². The number of hydrogen-bond donors (Lipinski definition) is 3. The van der Waals surface area contributed by atoms with E-state index >= 15 is 0 Å². The number of guanidine groups is 1. The molecule has 1 aliphatic heterocycles. The van der Waals surface area contributed by atoms with Crippen molar-refractivity contribution in [2.24, 2.45) is 4.99 Å². The molecule has 1 atom stereocenters. The van der Waals surface area contributed by atoms with Crippen LogP contribution in [0.1, 0.15) is 30.5 Å². The third-order valence-corrected chi connectivity index (χ3v) is 5.69. The summed E-state index contributed by atoms with van der Waals surface area (Å²) in [6.45, 7) is 10.2. The van der Waals surface area contributed by atoms with Crippen molar-refractivity contribution in [1.82, 2.24) is 15.5 Å². The third kappa shape index (κ3) is 7.81. The molecule has 1 unspecified atom stereocenters. The summed E-state index contributed by atoms with van der Waals surface area (Å²) >= 11 is 1.59. The minimum Gasteiger partial charge on any atom is -0.384 e.